The zero-order chi connectivity index (χ0) is 12.4. The molecule has 1 saturated carbocycles. The Hall–Kier alpha value is -1.22. The molecular formula is C14H18ClN3. The van der Waals surface area contributed by atoms with Crippen LogP contribution < -0.4 is 10.6 Å². The third-order valence-corrected chi connectivity index (χ3v) is 3.97. The van der Waals surface area contributed by atoms with Gasteiger partial charge in [-0.15, -0.1) is 0 Å². The first-order chi connectivity index (χ1) is 8.81. The van der Waals surface area contributed by atoms with Crippen molar-refractivity contribution in [3.8, 4) is 0 Å². The van der Waals surface area contributed by atoms with Gasteiger partial charge in [0.2, 0.25) is 0 Å². The molecule has 0 bridgehead atoms. The maximum atomic E-state index is 5.90. The van der Waals surface area contributed by atoms with E-state index in [1.54, 1.807) is 0 Å². The molecule has 1 heterocycles. The van der Waals surface area contributed by atoms with E-state index in [1.807, 2.05) is 12.1 Å². The van der Waals surface area contributed by atoms with E-state index in [2.05, 4.69) is 27.8 Å². The molecule has 2 aliphatic rings. The topological polar surface area (TPSA) is 36.4 Å². The van der Waals surface area contributed by atoms with E-state index >= 15 is 0 Å². The lowest BCUT2D eigenvalue weighted by Crippen LogP contribution is -2.50. The van der Waals surface area contributed by atoms with Crippen LogP contribution in [0, 0.1) is 0 Å². The average molecular weight is 264 g/mol. The number of hydrogen-bond acceptors (Lipinski definition) is 3. The van der Waals surface area contributed by atoms with Gasteiger partial charge in [0, 0.05) is 24.2 Å². The summed E-state index contributed by atoms with van der Waals surface area (Å²) in [6.45, 7) is 1.99. The second kappa shape index (κ2) is 5.19. The number of aliphatic imine (C=N–C) groups is 1. The van der Waals surface area contributed by atoms with Gasteiger partial charge in [0.1, 0.15) is 0 Å². The Morgan fingerprint density at radius 3 is 2.67 bits per heavy atom. The number of rotatable bonds is 2. The summed E-state index contributed by atoms with van der Waals surface area (Å²) in [5, 5.41) is 7.59. The third-order valence-electron chi connectivity index (χ3n) is 3.72. The molecular weight excluding hydrogens is 246 g/mol. The summed E-state index contributed by atoms with van der Waals surface area (Å²) in [5.74, 6) is 1.66. The van der Waals surface area contributed by atoms with Gasteiger partial charge >= 0.3 is 0 Å². The van der Waals surface area contributed by atoms with Gasteiger partial charge in [0.25, 0.3) is 0 Å². The number of guanidine groups is 1. The third kappa shape index (κ3) is 2.61. The fourth-order valence-corrected chi connectivity index (χ4v) is 2.69. The predicted octanol–water partition coefficient (Wildman–Crippen LogP) is 2.52. The highest BCUT2D eigenvalue weighted by Crippen LogP contribution is 2.37. The van der Waals surface area contributed by atoms with E-state index in [0.29, 0.717) is 12.0 Å². The molecule has 2 N–H and O–H groups in total. The Morgan fingerprint density at radius 2 is 2.00 bits per heavy atom. The van der Waals surface area contributed by atoms with Crippen molar-refractivity contribution < 1.29 is 0 Å². The largest absolute Gasteiger partial charge is 0.356 e. The molecule has 0 saturated heterocycles. The standard InChI is InChI=1S/C14H18ClN3/c15-12-4-2-10(3-5-12)11-8-13(9-11)18-14-16-6-1-7-17-14/h2-5,11,13H,1,6-9H2,(H2,16,17,18). The highest BCUT2D eigenvalue weighted by Gasteiger charge is 2.30. The minimum atomic E-state index is 0.565. The first-order valence-electron chi connectivity index (χ1n) is 6.61. The molecule has 1 aromatic carbocycles. The summed E-state index contributed by atoms with van der Waals surface area (Å²) in [6.07, 6.45) is 3.51. The van der Waals surface area contributed by atoms with Crippen LogP contribution in [0.4, 0.5) is 0 Å². The van der Waals surface area contributed by atoms with Crippen LogP contribution in [0.25, 0.3) is 0 Å². The van der Waals surface area contributed by atoms with Gasteiger partial charge in [-0.2, -0.15) is 0 Å². The molecule has 0 radical (unpaired) electrons. The number of nitrogens with zero attached hydrogens (tertiary/aromatic N) is 1. The van der Waals surface area contributed by atoms with Gasteiger partial charge in [0.05, 0.1) is 0 Å². The van der Waals surface area contributed by atoms with Gasteiger partial charge in [-0.05, 0) is 42.9 Å². The molecule has 0 unspecified atom stereocenters. The van der Waals surface area contributed by atoms with Crippen LogP contribution in [0.2, 0.25) is 5.02 Å². The van der Waals surface area contributed by atoms with Gasteiger partial charge in [-0.1, -0.05) is 23.7 Å². The summed E-state index contributed by atoms with van der Waals surface area (Å²) in [7, 11) is 0. The quantitative estimate of drug-likeness (QED) is 0.860. The summed E-state index contributed by atoms with van der Waals surface area (Å²) in [5.41, 5.74) is 1.40. The van der Waals surface area contributed by atoms with E-state index in [1.165, 1.54) is 18.4 Å². The Labute approximate surface area is 113 Å². The Morgan fingerprint density at radius 1 is 1.22 bits per heavy atom. The Kier molecular flexibility index (Phi) is 3.41. The molecule has 0 atom stereocenters. The van der Waals surface area contributed by atoms with Gasteiger partial charge in [0.15, 0.2) is 5.96 Å². The van der Waals surface area contributed by atoms with E-state index in [4.69, 9.17) is 11.6 Å². The molecule has 1 aliphatic carbocycles. The van der Waals surface area contributed by atoms with Crippen LogP contribution in [-0.4, -0.2) is 25.1 Å². The number of halogens is 1. The minimum absolute atomic E-state index is 0.565. The van der Waals surface area contributed by atoms with Crippen molar-refractivity contribution in [1.29, 1.82) is 0 Å². The lowest BCUT2D eigenvalue weighted by Gasteiger charge is -2.37. The summed E-state index contributed by atoms with van der Waals surface area (Å²) < 4.78 is 0. The zero-order valence-corrected chi connectivity index (χ0v) is 11.1. The average Bonchev–Trinajstić information content (AvgIpc) is 2.36. The van der Waals surface area contributed by atoms with Crippen LogP contribution >= 0.6 is 11.6 Å². The van der Waals surface area contributed by atoms with Gasteiger partial charge in [-0.3, -0.25) is 4.99 Å². The first kappa shape index (κ1) is 11.8. The lowest BCUT2D eigenvalue weighted by molar-refractivity contribution is 0.321. The fraction of sp³-hybridized carbons (Fsp3) is 0.500. The molecule has 96 valence electrons. The second-order valence-corrected chi connectivity index (χ2v) is 5.51. The molecule has 1 aromatic rings. The minimum Gasteiger partial charge on any atom is -0.356 e. The maximum Gasteiger partial charge on any atom is 0.191 e. The van der Waals surface area contributed by atoms with Crippen LogP contribution in [0.5, 0.6) is 0 Å². The van der Waals surface area contributed by atoms with E-state index in [0.717, 1.165) is 30.5 Å². The molecule has 3 nitrogen and oxygen atoms in total. The van der Waals surface area contributed by atoms with Crippen LogP contribution in [0.15, 0.2) is 29.3 Å². The molecule has 0 amide bonds. The molecule has 1 fully saturated rings. The summed E-state index contributed by atoms with van der Waals surface area (Å²) in [4.78, 5) is 4.44. The molecule has 0 aromatic heterocycles. The van der Waals surface area contributed by atoms with E-state index in [9.17, 15) is 0 Å². The summed E-state index contributed by atoms with van der Waals surface area (Å²) in [6, 6.07) is 8.80. The van der Waals surface area contributed by atoms with Crippen molar-refractivity contribution in [2.75, 3.05) is 13.1 Å². The van der Waals surface area contributed by atoms with Gasteiger partial charge < -0.3 is 10.6 Å². The number of hydrogen-bond donors (Lipinski definition) is 2. The van der Waals surface area contributed by atoms with Crippen LogP contribution in [0.3, 0.4) is 0 Å². The van der Waals surface area contributed by atoms with Crippen LogP contribution in [-0.2, 0) is 0 Å². The lowest BCUT2D eigenvalue weighted by atomic mass is 9.76. The molecule has 3 rings (SSSR count). The first-order valence-corrected chi connectivity index (χ1v) is 6.99. The van der Waals surface area contributed by atoms with Crippen molar-refractivity contribution in [3.05, 3.63) is 34.9 Å². The molecule has 18 heavy (non-hydrogen) atoms. The van der Waals surface area contributed by atoms with Crippen molar-refractivity contribution in [3.63, 3.8) is 0 Å². The van der Waals surface area contributed by atoms with Crippen molar-refractivity contribution >= 4 is 17.6 Å². The second-order valence-electron chi connectivity index (χ2n) is 5.07. The number of benzene rings is 1. The molecule has 0 spiro atoms. The van der Waals surface area contributed by atoms with Crippen molar-refractivity contribution in [2.24, 2.45) is 4.99 Å². The normalized spacial score (nSPS) is 26.8. The van der Waals surface area contributed by atoms with Crippen molar-refractivity contribution in [2.45, 2.75) is 31.2 Å². The van der Waals surface area contributed by atoms with Crippen LogP contribution in [0.1, 0.15) is 30.7 Å². The molecule has 1 aliphatic heterocycles. The fourth-order valence-electron chi connectivity index (χ4n) is 2.57. The van der Waals surface area contributed by atoms with E-state index in [-0.39, 0.29) is 0 Å². The Bertz CT molecular complexity index is 435. The smallest absolute Gasteiger partial charge is 0.191 e. The maximum absolute atomic E-state index is 5.90. The Balaban J connectivity index is 1.51. The van der Waals surface area contributed by atoms with Gasteiger partial charge in [-0.25, -0.2) is 0 Å². The monoisotopic (exact) mass is 263 g/mol. The van der Waals surface area contributed by atoms with E-state index < -0.39 is 0 Å². The number of nitrogens with one attached hydrogen (secondary N) is 2. The highest BCUT2D eigenvalue weighted by atomic mass is 35.5. The summed E-state index contributed by atoms with van der Waals surface area (Å²) >= 11 is 5.90. The highest BCUT2D eigenvalue weighted by molar-refractivity contribution is 6.30. The molecule has 4 heteroatoms. The zero-order valence-electron chi connectivity index (χ0n) is 10.3. The predicted molar refractivity (Wildman–Crippen MR) is 75.3 cm³/mol. The SMILES string of the molecule is Clc1ccc(C2CC(NC3=NCCCN3)C2)cc1. The van der Waals surface area contributed by atoms with Crippen molar-refractivity contribution in [1.82, 2.24) is 10.6 Å².